The van der Waals surface area contributed by atoms with Crippen LogP contribution in [0.2, 0.25) is 5.02 Å². The third-order valence-corrected chi connectivity index (χ3v) is 7.47. The summed E-state index contributed by atoms with van der Waals surface area (Å²) < 4.78 is 29.2. The van der Waals surface area contributed by atoms with E-state index in [0.717, 1.165) is 42.3 Å². The van der Waals surface area contributed by atoms with E-state index >= 15 is 0 Å². The predicted molar refractivity (Wildman–Crippen MR) is 110 cm³/mol. The molecule has 0 aromatic carbocycles. The predicted octanol–water partition coefficient (Wildman–Crippen LogP) is 3.29. The molecular formula is C18H20ClN3O5S2. The van der Waals surface area contributed by atoms with Gasteiger partial charge in [-0.05, 0) is 38.2 Å². The van der Waals surface area contributed by atoms with Gasteiger partial charge in [-0.1, -0.05) is 18.5 Å². The lowest BCUT2D eigenvalue weighted by Gasteiger charge is -2.12. The molecule has 0 atom stereocenters. The smallest absolute Gasteiger partial charge is 0.341 e. The summed E-state index contributed by atoms with van der Waals surface area (Å²) in [6.45, 7) is 3.38. The van der Waals surface area contributed by atoms with Gasteiger partial charge in [0.05, 0.1) is 29.1 Å². The number of nitrogens with zero attached hydrogens (tertiary/aromatic N) is 2. The number of carbonyl (C=O) groups is 2. The minimum atomic E-state index is -3.71. The highest BCUT2D eigenvalue weighted by molar-refractivity contribution is 7.91. The molecule has 3 rings (SSSR count). The van der Waals surface area contributed by atoms with Gasteiger partial charge in [-0.3, -0.25) is 4.79 Å². The third kappa shape index (κ3) is 4.44. The molecule has 0 aliphatic heterocycles. The number of amides is 1. The van der Waals surface area contributed by atoms with Crippen LogP contribution in [0.15, 0.2) is 11.4 Å². The Hall–Kier alpha value is -2.04. The fourth-order valence-electron chi connectivity index (χ4n) is 3.02. The van der Waals surface area contributed by atoms with Crippen molar-refractivity contribution in [2.75, 3.05) is 17.7 Å². The molecule has 11 heteroatoms. The van der Waals surface area contributed by atoms with Gasteiger partial charge in [-0.25, -0.2) is 23.2 Å². The molecule has 156 valence electrons. The molecule has 0 radical (unpaired) electrons. The largest absolute Gasteiger partial charge is 0.462 e. The van der Waals surface area contributed by atoms with Crippen LogP contribution >= 0.6 is 22.9 Å². The number of ether oxygens (including phenoxy) is 1. The highest BCUT2D eigenvalue weighted by Crippen LogP contribution is 2.39. The summed E-state index contributed by atoms with van der Waals surface area (Å²) in [7, 11) is -3.71. The molecule has 2 heterocycles. The SMILES string of the molecule is CCOC(=O)c1c(NC(=O)c2nc(S(=O)(=O)CC)ncc2Cl)sc2c1CCCC2. The van der Waals surface area contributed by atoms with Gasteiger partial charge in [0.15, 0.2) is 5.69 Å². The Kier molecular flexibility index (Phi) is 6.55. The maximum Gasteiger partial charge on any atom is 0.341 e. The number of sulfone groups is 1. The van der Waals surface area contributed by atoms with Crippen LogP contribution in [0.1, 0.15) is 58.0 Å². The second kappa shape index (κ2) is 8.76. The standard InChI is InChI=1S/C18H20ClN3O5S2/c1-3-27-17(24)13-10-7-5-6-8-12(10)28-16(13)22-15(23)14-11(19)9-20-18(21-14)29(25,26)4-2/h9H,3-8H2,1-2H3,(H,22,23). The highest BCUT2D eigenvalue weighted by atomic mass is 35.5. The first-order chi connectivity index (χ1) is 13.8. The number of hydrogen-bond acceptors (Lipinski definition) is 8. The van der Waals surface area contributed by atoms with Crippen molar-refractivity contribution in [1.29, 1.82) is 0 Å². The zero-order valence-electron chi connectivity index (χ0n) is 16.0. The van der Waals surface area contributed by atoms with E-state index in [1.807, 2.05) is 0 Å². The first kappa shape index (κ1) is 21.7. The van der Waals surface area contributed by atoms with Gasteiger partial charge in [0.2, 0.25) is 15.0 Å². The van der Waals surface area contributed by atoms with Crippen LogP contribution in [-0.4, -0.2) is 42.6 Å². The van der Waals surface area contributed by atoms with Crippen LogP contribution in [0.5, 0.6) is 0 Å². The Balaban J connectivity index is 1.98. The number of aryl methyl sites for hydroxylation is 1. The quantitative estimate of drug-likeness (QED) is 0.522. The van der Waals surface area contributed by atoms with Crippen LogP contribution in [0, 0.1) is 0 Å². The van der Waals surface area contributed by atoms with Gasteiger partial charge in [0.1, 0.15) is 5.00 Å². The number of carbonyl (C=O) groups excluding carboxylic acids is 2. The molecule has 0 bridgehead atoms. The Morgan fingerprint density at radius 2 is 2.00 bits per heavy atom. The fraction of sp³-hybridized carbons (Fsp3) is 0.444. The van der Waals surface area contributed by atoms with Crippen molar-refractivity contribution in [3.8, 4) is 0 Å². The summed E-state index contributed by atoms with van der Waals surface area (Å²) in [5.41, 5.74) is 0.986. The number of aromatic nitrogens is 2. The van der Waals surface area contributed by atoms with E-state index in [1.165, 1.54) is 18.3 Å². The normalized spacial score (nSPS) is 13.6. The van der Waals surface area contributed by atoms with Crippen LogP contribution in [0.4, 0.5) is 5.00 Å². The monoisotopic (exact) mass is 457 g/mol. The van der Waals surface area contributed by atoms with Crippen molar-refractivity contribution in [3.63, 3.8) is 0 Å². The summed E-state index contributed by atoms with van der Waals surface area (Å²) in [5.74, 6) is -1.42. The van der Waals surface area contributed by atoms with Crippen LogP contribution in [-0.2, 0) is 27.4 Å². The number of fused-ring (bicyclic) bond motifs is 1. The Bertz CT molecular complexity index is 1070. The highest BCUT2D eigenvalue weighted by Gasteiger charge is 2.28. The summed E-state index contributed by atoms with van der Waals surface area (Å²) in [4.78, 5) is 33.9. The van der Waals surface area contributed by atoms with Gasteiger partial charge < -0.3 is 10.1 Å². The topological polar surface area (TPSA) is 115 Å². The van der Waals surface area contributed by atoms with E-state index in [4.69, 9.17) is 16.3 Å². The van der Waals surface area contributed by atoms with Crippen molar-refractivity contribution in [2.24, 2.45) is 0 Å². The van der Waals surface area contributed by atoms with Gasteiger partial charge in [0.25, 0.3) is 5.91 Å². The molecule has 2 aromatic heterocycles. The molecule has 0 unspecified atom stereocenters. The fourth-order valence-corrected chi connectivity index (χ4v) is 5.18. The van der Waals surface area contributed by atoms with Crippen molar-refractivity contribution in [1.82, 2.24) is 9.97 Å². The van der Waals surface area contributed by atoms with E-state index in [0.29, 0.717) is 10.6 Å². The average Bonchev–Trinajstić information content (AvgIpc) is 3.06. The van der Waals surface area contributed by atoms with E-state index in [9.17, 15) is 18.0 Å². The lowest BCUT2D eigenvalue weighted by molar-refractivity contribution is 0.0526. The van der Waals surface area contributed by atoms with Crippen LogP contribution < -0.4 is 5.32 Å². The summed E-state index contributed by atoms with van der Waals surface area (Å²) in [5, 5.41) is 2.47. The second-order valence-corrected chi connectivity index (χ2v) is 10.0. The van der Waals surface area contributed by atoms with Gasteiger partial charge >= 0.3 is 5.97 Å². The molecule has 1 N–H and O–H groups in total. The number of halogens is 1. The van der Waals surface area contributed by atoms with Crippen LogP contribution in [0.3, 0.4) is 0 Å². The molecular weight excluding hydrogens is 438 g/mol. The molecule has 2 aromatic rings. The molecule has 1 aliphatic carbocycles. The first-order valence-electron chi connectivity index (χ1n) is 9.16. The number of thiophene rings is 1. The molecule has 29 heavy (non-hydrogen) atoms. The number of rotatable bonds is 6. The van der Waals surface area contributed by atoms with E-state index in [-0.39, 0.29) is 23.1 Å². The minimum Gasteiger partial charge on any atom is -0.462 e. The molecule has 1 amide bonds. The molecule has 0 spiro atoms. The van der Waals surface area contributed by atoms with Crippen molar-refractivity contribution in [3.05, 3.63) is 32.9 Å². The van der Waals surface area contributed by atoms with Crippen molar-refractivity contribution < 1.29 is 22.7 Å². The Labute approximate surface area is 177 Å². The lowest BCUT2D eigenvalue weighted by atomic mass is 9.95. The maximum absolute atomic E-state index is 12.8. The van der Waals surface area contributed by atoms with Gasteiger partial charge in [0, 0.05) is 4.88 Å². The second-order valence-electron chi connectivity index (χ2n) is 6.34. The molecule has 1 aliphatic rings. The van der Waals surface area contributed by atoms with Gasteiger partial charge in [-0.15, -0.1) is 11.3 Å². The Morgan fingerprint density at radius 1 is 1.28 bits per heavy atom. The first-order valence-corrected chi connectivity index (χ1v) is 12.0. The van der Waals surface area contributed by atoms with E-state index < -0.39 is 26.9 Å². The molecule has 0 saturated heterocycles. The third-order valence-electron chi connectivity index (χ3n) is 4.47. The number of hydrogen-bond donors (Lipinski definition) is 1. The zero-order valence-corrected chi connectivity index (χ0v) is 18.3. The summed E-state index contributed by atoms with van der Waals surface area (Å²) in [6, 6.07) is 0. The number of esters is 1. The van der Waals surface area contributed by atoms with Gasteiger partial charge in [-0.2, -0.15) is 0 Å². The lowest BCUT2D eigenvalue weighted by Crippen LogP contribution is -2.19. The van der Waals surface area contributed by atoms with E-state index in [2.05, 4.69) is 15.3 Å². The number of nitrogens with one attached hydrogen (secondary N) is 1. The zero-order chi connectivity index (χ0) is 21.2. The Morgan fingerprint density at radius 3 is 2.69 bits per heavy atom. The maximum atomic E-state index is 12.8. The summed E-state index contributed by atoms with van der Waals surface area (Å²) in [6.07, 6.45) is 4.62. The van der Waals surface area contributed by atoms with E-state index in [1.54, 1.807) is 6.92 Å². The summed E-state index contributed by atoms with van der Waals surface area (Å²) >= 11 is 7.36. The molecule has 0 fully saturated rings. The molecule has 0 saturated carbocycles. The number of anilines is 1. The van der Waals surface area contributed by atoms with Crippen LogP contribution in [0.25, 0.3) is 0 Å². The molecule has 8 nitrogen and oxygen atoms in total. The average molecular weight is 458 g/mol. The van der Waals surface area contributed by atoms with Crippen molar-refractivity contribution >= 4 is 49.7 Å². The van der Waals surface area contributed by atoms with Crippen molar-refractivity contribution in [2.45, 2.75) is 44.7 Å². The minimum absolute atomic E-state index is 0.0865.